The number of carbonyl (C=O) groups excluding carboxylic acids is 2. The molecule has 1 aromatic heterocycles. The monoisotopic (exact) mass is 322 g/mol. The normalized spacial score (nSPS) is 9.70. The summed E-state index contributed by atoms with van der Waals surface area (Å²) in [6.45, 7) is 3.73. The van der Waals surface area contributed by atoms with Crippen LogP contribution in [0.1, 0.15) is 26.7 Å². The van der Waals surface area contributed by atoms with E-state index in [1.165, 1.54) is 0 Å². The van der Waals surface area contributed by atoms with Crippen molar-refractivity contribution in [1.82, 2.24) is 15.0 Å². The number of rotatable bonds is 7. The van der Waals surface area contributed by atoms with E-state index in [1.807, 2.05) is 0 Å². The number of ketones is 2. The van der Waals surface area contributed by atoms with Crippen LogP contribution in [0.2, 0.25) is 0 Å². The molecule has 0 atom stereocenters. The second-order valence-electron chi connectivity index (χ2n) is 3.90. The number of aromatic amines is 1. The fourth-order valence-electron chi connectivity index (χ4n) is 1.36. The molecule has 9 heteroatoms. The van der Waals surface area contributed by atoms with Gasteiger partial charge in [-0.05, 0) is 17.4 Å². The minimum Gasteiger partial charge on any atom is -0.742 e. The second kappa shape index (κ2) is 9.51. The molecule has 0 aliphatic heterocycles. The second-order valence-corrected chi connectivity index (χ2v) is 4.65. The summed E-state index contributed by atoms with van der Waals surface area (Å²) in [7, 11) is 0. The fraction of sp³-hybridized carbons (Fsp3) is 0.545. The molecule has 20 heavy (non-hydrogen) atoms. The van der Waals surface area contributed by atoms with Gasteiger partial charge in [0, 0.05) is 12.8 Å². The van der Waals surface area contributed by atoms with E-state index in [0.29, 0.717) is 18.8 Å². The third kappa shape index (κ3) is 6.36. The van der Waals surface area contributed by atoms with Gasteiger partial charge in [-0.1, -0.05) is 13.8 Å². The van der Waals surface area contributed by atoms with Gasteiger partial charge in [-0.2, -0.15) is 4.98 Å². The Balaban J connectivity index is 0.00000361. The van der Waals surface area contributed by atoms with Gasteiger partial charge in [-0.15, -0.1) is 0 Å². The van der Waals surface area contributed by atoms with Crippen LogP contribution >= 0.6 is 12.2 Å². The Hall–Kier alpha value is -0.410. The molecule has 1 aromatic rings. The van der Waals surface area contributed by atoms with Crippen LogP contribution in [-0.2, 0) is 22.2 Å². The quantitative estimate of drug-likeness (QED) is 0.361. The number of Topliss-reactive ketones (excluding diaryl/α,β-unsaturated/α-hetero) is 2. The zero-order valence-corrected chi connectivity index (χ0v) is 15.4. The third-order valence-electron chi connectivity index (χ3n) is 2.44. The van der Waals surface area contributed by atoms with Crippen molar-refractivity contribution < 1.29 is 39.1 Å². The topological polar surface area (TPSA) is 79.0 Å². The summed E-state index contributed by atoms with van der Waals surface area (Å²) < 4.78 is 0.0941. The summed E-state index contributed by atoms with van der Waals surface area (Å²) >= 11 is 9.81. The number of hydrogen-bond acceptors (Lipinski definition) is 7. The van der Waals surface area contributed by atoms with E-state index in [-0.39, 0.29) is 64.1 Å². The first-order valence-corrected chi connectivity index (χ1v) is 6.71. The van der Waals surface area contributed by atoms with Crippen molar-refractivity contribution in [2.75, 3.05) is 18.0 Å². The van der Waals surface area contributed by atoms with Gasteiger partial charge >= 0.3 is 29.6 Å². The van der Waals surface area contributed by atoms with Crippen molar-refractivity contribution in [1.29, 1.82) is 0 Å². The Morgan fingerprint density at radius 1 is 1.20 bits per heavy atom. The molecule has 1 heterocycles. The van der Waals surface area contributed by atoms with Crippen LogP contribution in [0.15, 0.2) is 5.16 Å². The molecule has 1 N–H and O–H groups in total. The van der Waals surface area contributed by atoms with E-state index in [4.69, 9.17) is 24.8 Å². The number of carbonyl (C=O) groups is 2. The zero-order chi connectivity index (χ0) is 14.4. The van der Waals surface area contributed by atoms with Crippen molar-refractivity contribution in [2.24, 2.45) is 0 Å². The van der Waals surface area contributed by atoms with Crippen LogP contribution in [0.4, 0.5) is 5.95 Å². The molecule has 0 radical (unpaired) electrons. The predicted octanol–water partition coefficient (Wildman–Crippen LogP) is -1.79. The van der Waals surface area contributed by atoms with E-state index < -0.39 is 0 Å². The van der Waals surface area contributed by atoms with E-state index in [2.05, 4.69) is 15.0 Å². The van der Waals surface area contributed by atoms with Gasteiger partial charge in [-0.25, -0.2) is 4.98 Å². The Kier molecular flexibility index (Phi) is 9.32. The van der Waals surface area contributed by atoms with Crippen LogP contribution in [0.5, 0.6) is 0 Å². The SMILES string of the molecule is CCC(=O)CN(CC(=O)CC)c1nc(=S)nc([S-])[nH]1.[Na+]. The Labute approximate surface area is 150 Å². The maximum atomic E-state index is 11.6. The molecular weight excluding hydrogens is 307 g/mol. The molecule has 0 saturated heterocycles. The molecule has 0 saturated carbocycles. The summed E-state index contributed by atoms with van der Waals surface area (Å²) in [4.78, 5) is 35.2. The summed E-state index contributed by atoms with van der Waals surface area (Å²) in [6.07, 6.45) is 0.784. The average molecular weight is 322 g/mol. The van der Waals surface area contributed by atoms with E-state index in [0.717, 1.165) is 0 Å². The molecule has 0 aromatic carbocycles. The Morgan fingerprint density at radius 3 is 2.10 bits per heavy atom. The smallest absolute Gasteiger partial charge is 0.742 e. The Morgan fingerprint density at radius 2 is 1.70 bits per heavy atom. The molecule has 0 bridgehead atoms. The first-order chi connectivity index (χ1) is 8.96. The van der Waals surface area contributed by atoms with Gasteiger partial charge in [0.1, 0.15) is 0 Å². The van der Waals surface area contributed by atoms with Gasteiger partial charge in [-0.3, -0.25) is 9.59 Å². The van der Waals surface area contributed by atoms with Crippen molar-refractivity contribution in [3.63, 3.8) is 0 Å². The molecule has 0 fully saturated rings. The van der Waals surface area contributed by atoms with Crippen molar-refractivity contribution in [2.45, 2.75) is 31.8 Å². The van der Waals surface area contributed by atoms with E-state index in [9.17, 15) is 9.59 Å². The molecule has 1 rings (SSSR count). The average Bonchev–Trinajstić information content (AvgIpc) is 2.36. The standard InChI is InChI=1S/C11H16N4O2S2.Na/c1-3-7(16)5-15(6-8(17)4-2)9-12-10(18)14-11(19)13-9;/h3-6H2,1-2H3,(H2,12,13,14,18,19);/q;+1/p-1. The van der Waals surface area contributed by atoms with Gasteiger partial charge in [0.25, 0.3) is 0 Å². The minimum atomic E-state index is 0. The van der Waals surface area contributed by atoms with Crippen molar-refractivity contribution in [3.05, 3.63) is 4.77 Å². The number of anilines is 1. The number of hydrogen-bond donors (Lipinski definition) is 1. The van der Waals surface area contributed by atoms with Gasteiger partial charge in [0.15, 0.2) is 11.6 Å². The van der Waals surface area contributed by atoms with Crippen molar-refractivity contribution >= 4 is 42.4 Å². The molecule has 104 valence electrons. The fourth-order valence-corrected chi connectivity index (χ4v) is 1.77. The largest absolute Gasteiger partial charge is 1.00 e. The summed E-state index contributed by atoms with van der Waals surface area (Å²) in [5.74, 6) is 0.328. The number of aromatic nitrogens is 3. The van der Waals surface area contributed by atoms with E-state index in [1.54, 1.807) is 18.7 Å². The van der Waals surface area contributed by atoms with Crippen LogP contribution in [0, 0.1) is 4.77 Å². The summed E-state index contributed by atoms with van der Waals surface area (Å²) in [6, 6.07) is 0. The molecule has 0 aliphatic carbocycles. The van der Waals surface area contributed by atoms with Crippen LogP contribution < -0.4 is 34.5 Å². The first kappa shape index (κ1) is 19.6. The molecule has 0 spiro atoms. The molecule has 6 nitrogen and oxygen atoms in total. The van der Waals surface area contributed by atoms with Crippen molar-refractivity contribution in [3.8, 4) is 0 Å². The maximum Gasteiger partial charge on any atom is 1.00 e. The van der Waals surface area contributed by atoms with E-state index >= 15 is 0 Å². The van der Waals surface area contributed by atoms with Gasteiger partial charge in [0.2, 0.25) is 10.7 Å². The molecule has 0 amide bonds. The molecular formula is C11H15N4NaO2S2. The molecule has 0 unspecified atom stereocenters. The van der Waals surface area contributed by atoms with Gasteiger partial charge in [0.05, 0.1) is 13.1 Å². The number of H-pyrrole nitrogens is 1. The number of nitrogens with one attached hydrogen (secondary N) is 1. The summed E-state index contributed by atoms with van der Waals surface area (Å²) in [5.41, 5.74) is 0. The minimum absolute atomic E-state index is 0. The number of nitrogens with zero attached hydrogens (tertiary/aromatic N) is 3. The predicted molar refractivity (Wildman–Crippen MR) is 75.7 cm³/mol. The maximum absolute atomic E-state index is 11.6. The first-order valence-electron chi connectivity index (χ1n) is 5.90. The van der Waals surface area contributed by atoms with Crippen LogP contribution in [0.25, 0.3) is 0 Å². The molecule has 0 aliphatic rings. The van der Waals surface area contributed by atoms with Gasteiger partial charge < -0.3 is 22.5 Å². The van der Waals surface area contributed by atoms with Crippen LogP contribution in [0.3, 0.4) is 0 Å². The summed E-state index contributed by atoms with van der Waals surface area (Å²) in [5, 5.41) is 0.188. The van der Waals surface area contributed by atoms with Crippen LogP contribution in [-0.4, -0.2) is 39.6 Å². The Bertz CT molecular complexity index is 517. The third-order valence-corrected chi connectivity index (χ3v) is 2.82. The zero-order valence-electron chi connectivity index (χ0n) is 11.8.